The van der Waals surface area contributed by atoms with Gasteiger partial charge in [0, 0.05) is 45.8 Å². The number of aryl methyl sites for hydroxylation is 2. The van der Waals surface area contributed by atoms with Crippen molar-refractivity contribution < 1.29 is 4.74 Å². The average molecular weight is 564 g/mol. The number of halogens is 1. The fourth-order valence-electron chi connectivity index (χ4n) is 3.99. The van der Waals surface area contributed by atoms with E-state index in [1.807, 2.05) is 48.6 Å². The van der Waals surface area contributed by atoms with Gasteiger partial charge in [0.05, 0.1) is 13.3 Å². The van der Waals surface area contributed by atoms with Crippen LogP contribution in [0.15, 0.2) is 41.7 Å². The number of aliphatic imine (C=N–C) groups is 1. The SMILES string of the molecule is COc1ccc(CCNC(=NCc2nnc(C)n2C)N2CCC(c3cnn(C)c3)C2)cc1.I. The van der Waals surface area contributed by atoms with Gasteiger partial charge in [-0.15, -0.1) is 34.2 Å². The molecule has 0 bridgehead atoms. The topological polar surface area (TPSA) is 85.4 Å². The van der Waals surface area contributed by atoms with Crippen LogP contribution in [0, 0.1) is 6.92 Å². The molecule has 10 heteroatoms. The summed E-state index contributed by atoms with van der Waals surface area (Å²) in [6.45, 7) is 5.14. The summed E-state index contributed by atoms with van der Waals surface area (Å²) in [5, 5.41) is 16.3. The summed E-state index contributed by atoms with van der Waals surface area (Å²) in [4.78, 5) is 7.25. The number of guanidine groups is 1. The van der Waals surface area contributed by atoms with Gasteiger partial charge in [0.2, 0.25) is 0 Å². The van der Waals surface area contributed by atoms with Crippen molar-refractivity contribution in [3.05, 3.63) is 59.4 Å². The molecule has 1 N–H and O–H groups in total. The summed E-state index contributed by atoms with van der Waals surface area (Å²) in [5.41, 5.74) is 2.55. The van der Waals surface area contributed by atoms with Gasteiger partial charge in [-0.25, -0.2) is 4.99 Å². The molecule has 178 valence electrons. The van der Waals surface area contributed by atoms with Crippen molar-refractivity contribution in [3.8, 4) is 5.75 Å². The minimum absolute atomic E-state index is 0. The Kier molecular flexibility index (Phi) is 8.70. The lowest BCUT2D eigenvalue weighted by molar-refractivity contribution is 0.414. The molecule has 3 heterocycles. The fraction of sp³-hybridized carbons (Fsp3) is 0.478. The van der Waals surface area contributed by atoms with Crippen LogP contribution < -0.4 is 10.1 Å². The van der Waals surface area contributed by atoms with E-state index in [2.05, 4.69) is 43.8 Å². The normalized spacial score (nSPS) is 16.1. The first kappa shape index (κ1) is 25.0. The van der Waals surface area contributed by atoms with Crippen molar-refractivity contribution >= 4 is 29.9 Å². The first-order chi connectivity index (χ1) is 15.5. The number of ether oxygens (including phenoxy) is 1. The molecule has 2 aromatic heterocycles. The first-order valence-electron chi connectivity index (χ1n) is 11.0. The zero-order chi connectivity index (χ0) is 22.5. The van der Waals surface area contributed by atoms with Crippen molar-refractivity contribution in [1.29, 1.82) is 0 Å². The molecule has 1 aliphatic heterocycles. The molecule has 33 heavy (non-hydrogen) atoms. The fourth-order valence-corrected chi connectivity index (χ4v) is 3.99. The molecule has 0 saturated carbocycles. The van der Waals surface area contributed by atoms with Crippen molar-refractivity contribution in [2.75, 3.05) is 26.7 Å². The van der Waals surface area contributed by atoms with Crippen LogP contribution in [-0.4, -0.2) is 62.1 Å². The molecule has 0 aliphatic carbocycles. The van der Waals surface area contributed by atoms with E-state index < -0.39 is 0 Å². The van der Waals surface area contributed by atoms with Gasteiger partial charge in [-0.3, -0.25) is 4.68 Å². The van der Waals surface area contributed by atoms with Crippen LogP contribution in [-0.2, 0) is 27.1 Å². The summed E-state index contributed by atoms with van der Waals surface area (Å²) in [5.74, 6) is 4.02. The summed E-state index contributed by atoms with van der Waals surface area (Å²) in [6.07, 6.45) is 6.09. The molecular formula is C23H33IN8O. The maximum atomic E-state index is 5.25. The molecule has 1 aromatic carbocycles. The molecule has 0 amide bonds. The Morgan fingerprint density at radius 1 is 1.21 bits per heavy atom. The summed E-state index contributed by atoms with van der Waals surface area (Å²) in [7, 11) is 5.63. The van der Waals surface area contributed by atoms with Crippen molar-refractivity contribution in [1.82, 2.24) is 34.8 Å². The number of aromatic nitrogens is 5. The van der Waals surface area contributed by atoms with E-state index in [0.717, 1.165) is 55.8 Å². The highest BCUT2D eigenvalue weighted by Crippen LogP contribution is 2.26. The van der Waals surface area contributed by atoms with E-state index in [-0.39, 0.29) is 24.0 Å². The number of rotatable bonds is 7. The second-order valence-corrected chi connectivity index (χ2v) is 8.27. The monoisotopic (exact) mass is 564 g/mol. The smallest absolute Gasteiger partial charge is 0.194 e. The van der Waals surface area contributed by atoms with E-state index in [0.29, 0.717) is 12.5 Å². The minimum Gasteiger partial charge on any atom is -0.497 e. The van der Waals surface area contributed by atoms with Gasteiger partial charge in [-0.2, -0.15) is 5.10 Å². The van der Waals surface area contributed by atoms with E-state index in [1.54, 1.807) is 7.11 Å². The Balaban J connectivity index is 0.00000306. The Morgan fingerprint density at radius 2 is 2.00 bits per heavy atom. The van der Waals surface area contributed by atoms with Gasteiger partial charge < -0.3 is 19.5 Å². The molecule has 1 atom stereocenters. The van der Waals surface area contributed by atoms with Gasteiger partial charge in [-0.05, 0) is 43.0 Å². The van der Waals surface area contributed by atoms with Crippen molar-refractivity contribution in [2.24, 2.45) is 19.1 Å². The Hall–Kier alpha value is -2.63. The number of methoxy groups -OCH3 is 1. The zero-order valence-corrected chi connectivity index (χ0v) is 22.1. The highest BCUT2D eigenvalue weighted by Gasteiger charge is 2.27. The number of benzene rings is 1. The number of hydrogen-bond acceptors (Lipinski definition) is 5. The van der Waals surface area contributed by atoms with Crippen molar-refractivity contribution in [2.45, 2.75) is 32.2 Å². The van der Waals surface area contributed by atoms with E-state index in [9.17, 15) is 0 Å². The summed E-state index contributed by atoms with van der Waals surface area (Å²) >= 11 is 0. The predicted octanol–water partition coefficient (Wildman–Crippen LogP) is 2.66. The van der Waals surface area contributed by atoms with Crippen LogP contribution in [0.4, 0.5) is 0 Å². The third-order valence-corrected chi connectivity index (χ3v) is 6.09. The lowest BCUT2D eigenvalue weighted by Crippen LogP contribution is -2.41. The lowest BCUT2D eigenvalue weighted by Gasteiger charge is -2.22. The van der Waals surface area contributed by atoms with Crippen LogP contribution in [0.1, 0.15) is 35.1 Å². The number of nitrogens with one attached hydrogen (secondary N) is 1. The van der Waals surface area contributed by atoms with Crippen LogP contribution in [0.5, 0.6) is 5.75 Å². The Bertz CT molecular complexity index is 1060. The minimum atomic E-state index is 0. The molecule has 0 radical (unpaired) electrons. The molecule has 1 unspecified atom stereocenters. The summed E-state index contributed by atoms with van der Waals surface area (Å²) < 4.78 is 9.11. The number of hydrogen-bond donors (Lipinski definition) is 1. The van der Waals surface area contributed by atoms with Crippen LogP contribution in [0.3, 0.4) is 0 Å². The third-order valence-electron chi connectivity index (χ3n) is 6.09. The molecule has 1 saturated heterocycles. The Morgan fingerprint density at radius 3 is 2.64 bits per heavy atom. The molecule has 3 aromatic rings. The van der Waals surface area contributed by atoms with Crippen molar-refractivity contribution in [3.63, 3.8) is 0 Å². The van der Waals surface area contributed by atoms with E-state index in [4.69, 9.17) is 9.73 Å². The molecule has 0 spiro atoms. The third kappa shape index (κ3) is 6.24. The second-order valence-electron chi connectivity index (χ2n) is 8.27. The highest BCUT2D eigenvalue weighted by atomic mass is 127. The van der Waals surface area contributed by atoms with E-state index >= 15 is 0 Å². The largest absolute Gasteiger partial charge is 0.497 e. The number of nitrogens with zero attached hydrogens (tertiary/aromatic N) is 7. The summed E-state index contributed by atoms with van der Waals surface area (Å²) in [6, 6.07) is 8.21. The van der Waals surface area contributed by atoms with Gasteiger partial charge in [0.1, 0.15) is 18.1 Å². The van der Waals surface area contributed by atoms with Crippen LogP contribution in [0.2, 0.25) is 0 Å². The van der Waals surface area contributed by atoms with E-state index in [1.165, 1.54) is 11.1 Å². The van der Waals surface area contributed by atoms with Gasteiger partial charge >= 0.3 is 0 Å². The molecule has 1 aliphatic rings. The molecule has 1 fully saturated rings. The van der Waals surface area contributed by atoms with Gasteiger partial charge in [0.15, 0.2) is 11.8 Å². The lowest BCUT2D eigenvalue weighted by atomic mass is 10.0. The highest BCUT2D eigenvalue weighted by molar-refractivity contribution is 14.0. The standard InChI is InChI=1S/C23H32N8O.HI/c1-17-27-28-22(30(17)3)14-25-23(24-11-9-18-5-7-21(32-4)8-6-18)31-12-10-19(16-31)20-13-26-29(2)15-20;/h5-8,13,15,19H,9-12,14,16H2,1-4H3,(H,24,25);1H. The van der Waals surface area contributed by atoms with Gasteiger partial charge in [0.25, 0.3) is 0 Å². The average Bonchev–Trinajstić information content (AvgIpc) is 3.53. The first-order valence-corrected chi connectivity index (χ1v) is 11.0. The number of likely N-dealkylation sites (tertiary alicyclic amines) is 1. The quantitative estimate of drug-likeness (QED) is 0.270. The maximum absolute atomic E-state index is 5.25. The molecular weight excluding hydrogens is 531 g/mol. The molecule has 9 nitrogen and oxygen atoms in total. The van der Waals surface area contributed by atoms with Gasteiger partial charge in [-0.1, -0.05) is 12.1 Å². The maximum Gasteiger partial charge on any atom is 0.194 e. The predicted molar refractivity (Wildman–Crippen MR) is 139 cm³/mol. The van der Waals surface area contributed by atoms with Crippen LogP contribution >= 0.6 is 24.0 Å². The zero-order valence-electron chi connectivity index (χ0n) is 19.7. The second kappa shape index (κ2) is 11.5. The Labute approximate surface area is 212 Å². The molecule has 4 rings (SSSR count). The van der Waals surface area contributed by atoms with Crippen LogP contribution in [0.25, 0.3) is 0 Å².